The molecular weight excluding hydrogens is 260 g/mol. The molecular formula is C15H25ClN2O. The second kappa shape index (κ2) is 7.71. The molecule has 3 nitrogen and oxygen atoms in total. The minimum absolute atomic E-state index is 0.431. The average Bonchev–Trinajstić information content (AvgIpc) is 2.33. The van der Waals surface area contributed by atoms with Crippen molar-refractivity contribution in [3.05, 3.63) is 23.5 Å². The van der Waals surface area contributed by atoms with Gasteiger partial charge in [0.1, 0.15) is 12.4 Å². The summed E-state index contributed by atoms with van der Waals surface area (Å²) in [6.07, 6.45) is 1.79. The van der Waals surface area contributed by atoms with Gasteiger partial charge in [-0.3, -0.25) is 9.88 Å². The van der Waals surface area contributed by atoms with Gasteiger partial charge in [0.2, 0.25) is 0 Å². The number of pyridine rings is 1. The lowest BCUT2D eigenvalue weighted by atomic mass is 10.2. The number of halogens is 1. The van der Waals surface area contributed by atoms with Crippen molar-refractivity contribution in [1.82, 2.24) is 9.88 Å². The van der Waals surface area contributed by atoms with E-state index in [4.69, 9.17) is 16.3 Å². The van der Waals surface area contributed by atoms with Crippen LogP contribution in [0, 0.1) is 6.92 Å². The Morgan fingerprint density at radius 1 is 1.26 bits per heavy atom. The third-order valence-corrected chi connectivity index (χ3v) is 3.45. The molecule has 1 aromatic rings. The molecule has 108 valence electrons. The van der Waals surface area contributed by atoms with Gasteiger partial charge in [0.05, 0.1) is 5.88 Å². The van der Waals surface area contributed by atoms with Crippen LogP contribution in [0.3, 0.4) is 0 Å². The van der Waals surface area contributed by atoms with E-state index in [9.17, 15) is 0 Å². The maximum Gasteiger partial charge on any atom is 0.127 e. The first-order valence-electron chi connectivity index (χ1n) is 6.85. The van der Waals surface area contributed by atoms with Crippen LogP contribution in [0.15, 0.2) is 12.3 Å². The summed E-state index contributed by atoms with van der Waals surface area (Å²) in [6.45, 7) is 12.4. The largest absolute Gasteiger partial charge is 0.492 e. The third-order valence-electron chi connectivity index (χ3n) is 3.16. The van der Waals surface area contributed by atoms with Gasteiger partial charge in [0.15, 0.2) is 0 Å². The topological polar surface area (TPSA) is 25.4 Å². The van der Waals surface area contributed by atoms with Crippen molar-refractivity contribution in [2.45, 2.75) is 52.6 Å². The Kier molecular flexibility index (Phi) is 6.59. The molecule has 0 aliphatic rings. The fourth-order valence-corrected chi connectivity index (χ4v) is 2.37. The number of aryl methyl sites for hydroxylation is 1. The molecule has 0 bridgehead atoms. The summed E-state index contributed by atoms with van der Waals surface area (Å²) in [7, 11) is 0. The van der Waals surface area contributed by atoms with Gasteiger partial charge >= 0.3 is 0 Å². The number of hydrogen-bond acceptors (Lipinski definition) is 3. The lowest BCUT2D eigenvalue weighted by Gasteiger charge is -2.30. The van der Waals surface area contributed by atoms with Gasteiger partial charge in [-0.2, -0.15) is 0 Å². The summed E-state index contributed by atoms with van der Waals surface area (Å²) in [5.74, 6) is 1.29. The van der Waals surface area contributed by atoms with Crippen LogP contribution < -0.4 is 4.74 Å². The van der Waals surface area contributed by atoms with E-state index in [1.54, 1.807) is 6.20 Å². The molecule has 1 heterocycles. The predicted molar refractivity (Wildman–Crippen MR) is 81.0 cm³/mol. The highest BCUT2D eigenvalue weighted by Gasteiger charge is 2.13. The van der Waals surface area contributed by atoms with Crippen molar-refractivity contribution < 1.29 is 4.74 Å². The standard InChI is InChI=1S/C15H25ClN2O/c1-11(2)18(12(3)4)6-7-19-15-8-13(5)17-10-14(15)9-16/h8,10-12H,6-7,9H2,1-5H3. The number of hydrogen-bond donors (Lipinski definition) is 0. The molecule has 0 saturated carbocycles. The van der Waals surface area contributed by atoms with Crippen LogP contribution in [0.5, 0.6) is 5.75 Å². The smallest absolute Gasteiger partial charge is 0.127 e. The predicted octanol–water partition coefficient (Wildman–Crippen LogP) is 3.63. The molecule has 4 heteroatoms. The van der Waals surface area contributed by atoms with E-state index in [-0.39, 0.29) is 0 Å². The zero-order chi connectivity index (χ0) is 14.4. The van der Waals surface area contributed by atoms with Crippen LogP contribution in [-0.4, -0.2) is 35.1 Å². The molecule has 0 aromatic carbocycles. The van der Waals surface area contributed by atoms with Gasteiger partial charge in [-0.15, -0.1) is 11.6 Å². The molecule has 0 aliphatic heterocycles. The van der Waals surface area contributed by atoms with Crippen LogP contribution in [0.25, 0.3) is 0 Å². The highest BCUT2D eigenvalue weighted by atomic mass is 35.5. The number of alkyl halides is 1. The summed E-state index contributed by atoms with van der Waals surface area (Å²) < 4.78 is 5.87. The summed E-state index contributed by atoms with van der Waals surface area (Å²) in [5.41, 5.74) is 1.90. The Balaban J connectivity index is 2.59. The number of rotatable bonds is 7. The Hall–Kier alpha value is -0.800. The maximum absolute atomic E-state index is 5.90. The molecule has 0 aliphatic carbocycles. The molecule has 0 N–H and O–H groups in total. The van der Waals surface area contributed by atoms with E-state index in [0.717, 1.165) is 23.6 Å². The highest BCUT2D eigenvalue weighted by Crippen LogP contribution is 2.20. The molecule has 0 saturated heterocycles. The average molecular weight is 285 g/mol. The van der Waals surface area contributed by atoms with Crippen LogP contribution in [0.4, 0.5) is 0 Å². The maximum atomic E-state index is 5.90. The Morgan fingerprint density at radius 3 is 2.42 bits per heavy atom. The SMILES string of the molecule is Cc1cc(OCCN(C(C)C)C(C)C)c(CCl)cn1. The van der Waals surface area contributed by atoms with Crippen molar-refractivity contribution in [2.24, 2.45) is 0 Å². The first kappa shape index (κ1) is 16.3. The van der Waals surface area contributed by atoms with Gasteiger partial charge < -0.3 is 4.74 Å². The molecule has 0 atom stereocenters. The third kappa shape index (κ3) is 5.00. The number of ether oxygens (including phenoxy) is 1. The highest BCUT2D eigenvalue weighted by molar-refractivity contribution is 6.17. The molecule has 0 radical (unpaired) electrons. The van der Waals surface area contributed by atoms with Crippen molar-refractivity contribution >= 4 is 11.6 Å². The molecule has 1 rings (SSSR count). The van der Waals surface area contributed by atoms with Crippen LogP contribution in [-0.2, 0) is 5.88 Å². The normalized spacial score (nSPS) is 11.6. The minimum Gasteiger partial charge on any atom is -0.492 e. The lowest BCUT2D eigenvalue weighted by Crippen LogP contribution is -2.39. The second-order valence-electron chi connectivity index (χ2n) is 5.34. The fourth-order valence-electron chi connectivity index (χ4n) is 2.17. The molecule has 0 fully saturated rings. The summed E-state index contributed by atoms with van der Waals surface area (Å²) in [6, 6.07) is 3.00. The molecule has 1 aromatic heterocycles. The Bertz CT molecular complexity index is 386. The lowest BCUT2D eigenvalue weighted by molar-refractivity contribution is 0.141. The van der Waals surface area contributed by atoms with E-state index in [2.05, 4.69) is 37.6 Å². The van der Waals surface area contributed by atoms with Gasteiger partial charge in [-0.1, -0.05) is 0 Å². The van der Waals surface area contributed by atoms with Crippen molar-refractivity contribution in [3.63, 3.8) is 0 Å². The van der Waals surface area contributed by atoms with Gasteiger partial charge in [-0.05, 0) is 34.6 Å². The monoisotopic (exact) mass is 284 g/mol. The number of aromatic nitrogens is 1. The molecule has 0 amide bonds. The van der Waals surface area contributed by atoms with Crippen LogP contribution in [0.2, 0.25) is 0 Å². The van der Waals surface area contributed by atoms with Gasteiger partial charge in [0, 0.05) is 42.1 Å². The van der Waals surface area contributed by atoms with E-state index in [1.165, 1.54) is 0 Å². The fraction of sp³-hybridized carbons (Fsp3) is 0.667. The summed E-state index contributed by atoms with van der Waals surface area (Å²) in [5, 5.41) is 0. The van der Waals surface area contributed by atoms with E-state index in [1.807, 2.05) is 13.0 Å². The van der Waals surface area contributed by atoms with Gasteiger partial charge in [0.25, 0.3) is 0 Å². The molecule has 0 spiro atoms. The van der Waals surface area contributed by atoms with E-state index < -0.39 is 0 Å². The van der Waals surface area contributed by atoms with Crippen LogP contribution in [0.1, 0.15) is 39.0 Å². The second-order valence-corrected chi connectivity index (χ2v) is 5.61. The first-order chi connectivity index (χ1) is 8.95. The number of nitrogens with zero attached hydrogens (tertiary/aromatic N) is 2. The first-order valence-corrected chi connectivity index (χ1v) is 7.39. The summed E-state index contributed by atoms with van der Waals surface area (Å²) >= 11 is 5.90. The Labute approximate surface area is 121 Å². The van der Waals surface area contributed by atoms with Gasteiger partial charge in [-0.25, -0.2) is 0 Å². The molecule has 19 heavy (non-hydrogen) atoms. The van der Waals surface area contributed by atoms with Crippen molar-refractivity contribution in [1.29, 1.82) is 0 Å². The minimum atomic E-state index is 0.431. The van der Waals surface area contributed by atoms with Crippen molar-refractivity contribution in [2.75, 3.05) is 13.2 Å². The van der Waals surface area contributed by atoms with Crippen LogP contribution >= 0.6 is 11.6 Å². The van der Waals surface area contributed by atoms with Crippen molar-refractivity contribution in [3.8, 4) is 5.75 Å². The van der Waals surface area contributed by atoms with E-state index >= 15 is 0 Å². The Morgan fingerprint density at radius 2 is 1.89 bits per heavy atom. The quantitative estimate of drug-likeness (QED) is 0.715. The van der Waals surface area contributed by atoms with E-state index in [0.29, 0.717) is 24.6 Å². The molecule has 0 unspecified atom stereocenters. The zero-order valence-electron chi connectivity index (χ0n) is 12.6. The zero-order valence-corrected chi connectivity index (χ0v) is 13.4. The summed E-state index contributed by atoms with van der Waals surface area (Å²) in [4.78, 5) is 6.65.